The first kappa shape index (κ1) is 21.8. The minimum absolute atomic E-state index is 0.00876. The van der Waals surface area contributed by atoms with Crippen LogP contribution in [0.15, 0.2) is 11.1 Å². The molecule has 3 rings (SSSR count). The first-order valence-corrected chi connectivity index (χ1v) is 10.4. The van der Waals surface area contributed by atoms with Crippen LogP contribution in [0.1, 0.15) is 26.5 Å². The molecule has 2 unspecified atom stereocenters. The van der Waals surface area contributed by atoms with E-state index in [4.69, 9.17) is 15.0 Å². The molecule has 2 aromatic heterocycles. The molecule has 3 heterocycles. The highest BCUT2D eigenvalue weighted by molar-refractivity contribution is 7.54. The van der Waals surface area contributed by atoms with E-state index in [1.165, 1.54) is 24.9 Å². The molecule has 6 N–H and O–H groups in total. The van der Waals surface area contributed by atoms with Crippen molar-refractivity contribution < 1.29 is 34.0 Å². The highest BCUT2D eigenvalue weighted by atomic mass is 31.2. The minimum atomic E-state index is -4.44. The van der Waals surface area contributed by atoms with Crippen LogP contribution in [-0.4, -0.2) is 69.6 Å². The zero-order chi connectivity index (χ0) is 21.7. The Kier molecular flexibility index (Phi) is 5.60. The second-order valence-electron chi connectivity index (χ2n) is 7.09. The van der Waals surface area contributed by atoms with E-state index >= 15 is 0 Å². The van der Waals surface area contributed by atoms with E-state index in [0.29, 0.717) is 0 Å². The quantitative estimate of drug-likeness (QED) is 0.338. The van der Waals surface area contributed by atoms with Gasteiger partial charge in [-0.05, 0) is 13.3 Å². The number of aromatic nitrogens is 4. The van der Waals surface area contributed by atoms with Crippen LogP contribution in [0.5, 0.6) is 0 Å². The molecule has 0 aromatic carbocycles. The van der Waals surface area contributed by atoms with Crippen LogP contribution in [0.3, 0.4) is 0 Å². The lowest BCUT2D eigenvalue weighted by molar-refractivity contribution is -0.0508. The number of aliphatic hydroxyl groups is 3. The summed E-state index contributed by atoms with van der Waals surface area (Å²) >= 11 is 0. The number of imidazole rings is 1. The number of nitrogens with two attached hydrogens (primary N) is 1. The van der Waals surface area contributed by atoms with E-state index in [1.54, 1.807) is 0 Å². The van der Waals surface area contributed by atoms with Gasteiger partial charge in [0.2, 0.25) is 5.95 Å². The van der Waals surface area contributed by atoms with Crippen molar-refractivity contribution in [3.8, 4) is 0 Å². The first-order valence-electron chi connectivity index (χ1n) is 8.81. The number of ether oxygens (including phenoxy) is 1. The molecule has 162 valence electrons. The maximum atomic E-state index is 12.2. The van der Waals surface area contributed by atoms with E-state index in [9.17, 15) is 29.6 Å². The Morgan fingerprint density at radius 3 is 2.69 bits per heavy atom. The van der Waals surface area contributed by atoms with Gasteiger partial charge in [-0.3, -0.25) is 18.5 Å². The number of fused-ring (bicyclic) bond motifs is 1. The van der Waals surface area contributed by atoms with Gasteiger partial charge in [-0.25, -0.2) is 4.98 Å². The SMILES string of the molecule is CCC(C)(O)P(=O)(O)OC[C@H]1O[C@@H](n2cnc3c(=O)n(C)c(N)nc32)[C@H](O)[C@@H]1O. The molecular weight excluding hydrogens is 409 g/mol. The zero-order valence-electron chi connectivity index (χ0n) is 16.0. The lowest BCUT2D eigenvalue weighted by Gasteiger charge is -2.27. The Labute approximate surface area is 164 Å². The number of hydrogen-bond acceptors (Lipinski definition) is 10. The summed E-state index contributed by atoms with van der Waals surface area (Å²) in [5.74, 6) is -0.0832. The largest absolute Gasteiger partial charge is 0.387 e. The Bertz CT molecular complexity index is 1020. The van der Waals surface area contributed by atoms with Gasteiger partial charge in [-0.15, -0.1) is 0 Å². The highest BCUT2D eigenvalue weighted by Gasteiger charge is 2.47. The number of anilines is 1. The lowest BCUT2D eigenvalue weighted by Crippen LogP contribution is -2.34. The van der Waals surface area contributed by atoms with Crippen molar-refractivity contribution in [2.24, 2.45) is 7.05 Å². The van der Waals surface area contributed by atoms with Gasteiger partial charge in [-0.1, -0.05) is 6.92 Å². The maximum Gasteiger partial charge on any atom is 0.359 e. The van der Waals surface area contributed by atoms with Crippen LogP contribution in [0.2, 0.25) is 0 Å². The first-order chi connectivity index (χ1) is 13.4. The van der Waals surface area contributed by atoms with Crippen molar-refractivity contribution in [2.45, 2.75) is 50.2 Å². The summed E-state index contributed by atoms with van der Waals surface area (Å²) in [4.78, 5) is 30.2. The molecule has 6 atom stereocenters. The second kappa shape index (κ2) is 7.43. The Balaban J connectivity index is 1.85. The lowest BCUT2D eigenvalue weighted by atomic mass is 10.1. The number of aliphatic hydroxyl groups excluding tert-OH is 2. The zero-order valence-corrected chi connectivity index (χ0v) is 16.9. The smallest absolute Gasteiger partial charge is 0.359 e. The van der Waals surface area contributed by atoms with Crippen molar-refractivity contribution in [2.75, 3.05) is 12.3 Å². The van der Waals surface area contributed by atoms with Crippen molar-refractivity contribution >= 4 is 24.7 Å². The van der Waals surface area contributed by atoms with E-state index in [0.717, 1.165) is 11.5 Å². The van der Waals surface area contributed by atoms with Crippen molar-refractivity contribution in [3.05, 3.63) is 16.7 Å². The third kappa shape index (κ3) is 3.59. The van der Waals surface area contributed by atoms with Crippen LogP contribution in [-0.2, 0) is 20.9 Å². The molecule has 0 amide bonds. The molecular formula is C15H24N5O8P. The number of hydrogen-bond donors (Lipinski definition) is 5. The Morgan fingerprint density at radius 2 is 2.07 bits per heavy atom. The molecule has 1 aliphatic heterocycles. The molecule has 29 heavy (non-hydrogen) atoms. The van der Waals surface area contributed by atoms with Crippen LogP contribution < -0.4 is 11.3 Å². The fraction of sp³-hybridized carbons (Fsp3) is 0.667. The van der Waals surface area contributed by atoms with Gasteiger partial charge >= 0.3 is 7.60 Å². The summed E-state index contributed by atoms with van der Waals surface area (Å²) < 4.78 is 25.1. The highest BCUT2D eigenvalue weighted by Crippen LogP contribution is 2.55. The van der Waals surface area contributed by atoms with Gasteiger partial charge in [0.1, 0.15) is 18.3 Å². The van der Waals surface area contributed by atoms with Gasteiger partial charge in [0.15, 0.2) is 22.7 Å². The second-order valence-corrected chi connectivity index (χ2v) is 9.35. The molecule has 0 bridgehead atoms. The summed E-state index contributed by atoms with van der Waals surface area (Å²) in [5.41, 5.74) is 5.25. The standard InChI is InChI=1S/C15H24N5O8P/c1-4-15(2,24)29(25,26)27-5-7-9(21)10(22)13(28-7)20-6-17-8-11(20)18-14(16)19(3)12(8)23/h6-7,9-10,13,21-22,24H,4-5H2,1-3H3,(H2,16,18)(H,25,26)/t7-,9-,10-,13-,15?/m1/s1. The summed E-state index contributed by atoms with van der Waals surface area (Å²) in [6.45, 7) is 2.11. The molecule has 13 nitrogen and oxygen atoms in total. The number of rotatable bonds is 6. The van der Waals surface area contributed by atoms with Gasteiger partial charge in [-0.2, -0.15) is 4.98 Å². The molecule has 0 aliphatic carbocycles. The summed E-state index contributed by atoms with van der Waals surface area (Å²) in [5, 5.41) is 28.7. The van der Waals surface area contributed by atoms with Crippen LogP contribution in [0.4, 0.5) is 5.95 Å². The predicted molar refractivity (Wildman–Crippen MR) is 99.8 cm³/mol. The van der Waals surface area contributed by atoms with Crippen LogP contribution in [0.25, 0.3) is 11.2 Å². The Morgan fingerprint density at radius 1 is 1.41 bits per heavy atom. The molecule has 0 radical (unpaired) electrons. The molecule has 14 heteroatoms. The van der Waals surface area contributed by atoms with Crippen LogP contribution in [0, 0.1) is 0 Å². The molecule has 0 saturated carbocycles. The number of nitrogen functional groups attached to an aromatic ring is 1. The molecule has 1 aliphatic rings. The fourth-order valence-electron chi connectivity index (χ4n) is 2.86. The third-order valence-corrected chi connectivity index (χ3v) is 7.18. The maximum absolute atomic E-state index is 12.2. The molecule has 2 aromatic rings. The minimum Gasteiger partial charge on any atom is -0.387 e. The van der Waals surface area contributed by atoms with E-state index in [-0.39, 0.29) is 23.5 Å². The number of nitrogens with zero attached hydrogens (tertiary/aromatic N) is 4. The molecule has 1 fully saturated rings. The van der Waals surface area contributed by atoms with E-state index in [2.05, 4.69) is 9.97 Å². The summed E-state index contributed by atoms with van der Waals surface area (Å²) in [6.07, 6.45) is -4.17. The fourth-order valence-corrected chi connectivity index (χ4v) is 3.89. The molecule has 1 saturated heterocycles. The van der Waals surface area contributed by atoms with Crippen LogP contribution >= 0.6 is 7.60 Å². The monoisotopic (exact) mass is 433 g/mol. The van der Waals surface area contributed by atoms with E-state index < -0.39 is 49.6 Å². The molecule has 0 spiro atoms. The van der Waals surface area contributed by atoms with Gasteiger partial charge in [0.05, 0.1) is 12.9 Å². The third-order valence-electron chi connectivity index (χ3n) is 5.14. The van der Waals surface area contributed by atoms with Crippen molar-refractivity contribution in [3.63, 3.8) is 0 Å². The van der Waals surface area contributed by atoms with E-state index in [1.807, 2.05) is 0 Å². The van der Waals surface area contributed by atoms with Gasteiger partial charge in [0.25, 0.3) is 5.56 Å². The normalized spacial score (nSPS) is 29.1. The predicted octanol–water partition coefficient (Wildman–Crippen LogP) is -1.35. The Hall–Kier alpha value is -1.86. The van der Waals surface area contributed by atoms with Gasteiger partial charge in [0, 0.05) is 7.05 Å². The average Bonchev–Trinajstić information content (AvgIpc) is 3.20. The topological polar surface area (TPSA) is 195 Å². The van der Waals surface area contributed by atoms with Crippen molar-refractivity contribution in [1.29, 1.82) is 0 Å². The summed E-state index contributed by atoms with van der Waals surface area (Å²) in [7, 11) is -3.01. The average molecular weight is 433 g/mol. The summed E-state index contributed by atoms with van der Waals surface area (Å²) in [6, 6.07) is 0. The van der Waals surface area contributed by atoms with Crippen molar-refractivity contribution in [1.82, 2.24) is 19.1 Å². The van der Waals surface area contributed by atoms with Gasteiger partial charge < -0.3 is 35.2 Å².